The highest BCUT2D eigenvalue weighted by molar-refractivity contribution is 7.92. The van der Waals surface area contributed by atoms with Crippen molar-refractivity contribution >= 4 is 36.9 Å². The standard InChI is InChI=1S/C17H17F2NO5S3/c18-17(19)28(24,25)14-6-2-1-4-12(14)16(21)20-8-7-15(13-5-3-10-26-13)27(22,23)11-9-20/h1-6,10,15,17H,7-9,11H2. The van der Waals surface area contributed by atoms with Crippen molar-refractivity contribution < 1.29 is 30.4 Å². The summed E-state index contributed by atoms with van der Waals surface area (Å²) in [4.78, 5) is 14.0. The number of alkyl halides is 2. The van der Waals surface area contributed by atoms with Gasteiger partial charge in [0.05, 0.1) is 21.5 Å². The molecule has 1 unspecified atom stereocenters. The third-order valence-electron chi connectivity index (χ3n) is 4.55. The second kappa shape index (κ2) is 7.88. The Morgan fingerprint density at radius 2 is 1.86 bits per heavy atom. The molecule has 0 radical (unpaired) electrons. The summed E-state index contributed by atoms with van der Waals surface area (Å²) in [7, 11) is -8.47. The van der Waals surface area contributed by atoms with E-state index in [1.54, 1.807) is 17.5 Å². The highest BCUT2D eigenvalue weighted by Crippen LogP contribution is 2.33. The Morgan fingerprint density at radius 3 is 2.50 bits per heavy atom. The number of carbonyl (C=O) groups excluding carboxylic acids is 1. The second-order valence-corrected chi connectivity index (χ2v) is 11.4. The van der Waals surface area contributed by atoms with E-state index >= 15 is 0 Å². The normalized spacial score (nSPS) is 20.1. The minimum atomic E-state index is -4.97. The van der Waals surface area contributed by atoms with E-state index in [2.05, 4.69) is 0 Å². The van der Waals surface area contributed by atoms with E-state index in [9.17, 15) is 30.4 Å². The lowest BCUT2D eigenvalue weighted by Crippen LogP contribution is -2.34. The quantitative estimate of drug-likeness (QED) is 0.716. The maximum Gasteiger partial charge on any atom is 0.341 e. The number of carbonyl (C=O) groups is 1. The van der Waals surface area contributed by atoms with Gasteiger partial charge in [0.1, 0.15) is 0 Å². The molecule has 1 aromatic carbocycles. The summed E-state index contributed by atoms with van der Waals surface area (Å²) in [6, 6.07) is 8.21. The maximum atomic E-state index is 13.0. The van der Waals surface area contributed by atoms with Crippen molar-refractivity contribution in [2.45, 2.75) is 22.3 Å². The lowest BCUT2D eigenvalue weighted by Gasteiger charge is -2.21. The number of rotatable bonds is 4. The molecule has 1 aliphatic heterocycles. The summed E-state index contributed by atoms with van der Waals surface area (Å²) in [6.45, 7) is -0.0597. The Balaban J connectivity index is 1.91. The van der Waals surface area contributed by atoms with Crippen LogP contribution >= 0.6 is 11.3 Å². The first-order valence-corrected chi connectivity index (χ1v) is 12.4. The summed E-state index contributed by atoms with van der Waals surface area (Å²) in [6.07, 6.45) is 0.151. The van der Waals surface area contributed by atoms with Crippen molar-refractivity contribution in [2.24, 2.45) is 0 Å². The molecule has 2 aromatic rings. The fourth-order valence-electron chi connectivity index (χ4n) is 3.10. The van der Waals surface area contributed by atoms with Crippen LogP contribution in [-0.2, 0) is 19.7 Å². The summed E-state index contributed by atoms with van der Waals surface area (Å²) in [5, 5.41) is 1.02. The molecule has 0 spiro atoms. The zero-order valence-electron chi connectivity index (χ0n) is 14.5. The van der Waals surface area contributed by atoms with Gasteiger partial charge in [0.15, 0.2) is 9.84 Å². The van der Waals surface area contributed by atoms with Gasteiger partial charge in [-0.1, -0.05) is 18.2 Å². The molecule has 1 saturated heterocycles. The van der Waals surface area contributed by atoms with Crippen LogP contribution in [0.25, 0.3) is 0 Å². The number of halogens is 2. The first kappa shape index (κ1) is 20.9. The fraction of sp³-hybridized carbons (Fsp3) is 0.353. The van der Waals surface area contributed by atoms with Gasteiger partial charge < -0.3 is 4.90 Å². The number of hydrogen-bond acceptors (Lipinski definition) is 6. The first-order chi connectivity index (χ1) is 13.1. The van der Waals surface area contributed by atoms with E-state index in [1.807, 2.05) is 0 Å². The van der Waals surface area contributed by atoms with Gasteiger partial charge in [0.2, 0.25) is 9.84 Å². The van der Waals surface area contributed by atoms with Crippen LogP contribution in [-0.4, -0.2) is 52.2 Å². The summed E-state index contributed by atoms with van der Waals surface area (Å²) in [5.41, 5.74) is -0.380. The van der Waals surface area contributed by atoms with Crippen molar-refractivity contribution in [3.05, 3.63) is 52.2 Å². The maximum absolute atomic E-state index is 13.0. The fourth-order valence-corrected chi connectivity index (χ4v) is 7.02. The van der Waals surface area contributed by atoms with Crippen LogP contribution < -0.4 is 0 Å². The Hall–Kier alpha value is -1.85. The van der Waals surface area contributed by atoms with Crippen LogP contribution in [0.15, 0.2) is 46.7 Å². The van der Waals surface area contributed by atoms with E-state index in [0.29, 0.717) is 4.88 Å². The predicted molar refractivity (Wildman–Crippen MR) is 101 cm³/mol. The average molecular weight is 450 g/mol. The molecule has 1 aromatic heterocycles. The molecule has 1 amide bonds. The molecule has 0 N–H and O–H groups in total. The molecule has 1 fully saturated rings. The monoisotopic (exact) mass is 449 g/mol. The Morgan fingerprint density at radius 1 is 1.14 bits per heavy atom. The third kappa shape index (κ3) is 3.96. The summed E-state index contributed by atoms with van der Waals surface area (Å²) >= 11 is 1.31. The topological polar surface area (TPSA) is 88.6 Å². The van der Waals surface area contributed by atoms with Crippen molar-refractivity contribution in [2.75, 3.05) is 18.8 Å². The van der Waals surface area contributed by atoms with Crippen molar-refractivity contribution in [1.29, 1.82) is 0 Å². The number of amides is 1. The molecule has 3 rings (SSSR count). The molecule has 28 heavy (non-hydrogen) atoms. The lowest BCUT2D eigenvalue weighted by molar-refractivity contribution is 0.0762. The van der Waals surface area contributed by atoms with E-state index < -0.39 is 41.5 Å². The SMILES string of the molecule is O=C(c1ccccc1S(=O)(=O)C(F)F)N1CCC(c2cccs2)S(=O)(=O)CC1. The van der Waals surface area contributed by atoms with Crippen LogP contribution in [0.1, 0.15) is 26.9 Å². The Bertz CT molecular complexity index is 1070. The number of benzene rings is 1. The highest BCUT2D eigenvalue weighted by Gasteiger charge is 2.36. The van der Waals surface area contributed by atoms with Crippen LogP contribution in [0.4, 0.5) is 8.78 Å². The molecule has 1 atom stereocenters. The lowest BCUT2D eigenvalue weighted by atomic mass is 10.1. The Labute approximate surface area is 165 Å². The van der Waals surface area contributed by atoms with Gasteiger partial charge in [-0.05, 0) is 30.0 Å². The highest BCUT2D eigenvalue weighted by atomic mass is 32.2. The second-order valence-electron chi connectivity index (χ2n) is 6.25. The van der Waals surface area contributed by atoms with E-state index in [0.717, 1.165) is 12.1 Å². The minimum absolute atomic E-state index is 0.0731. The van der Waals surface area contributed by atoms with Crippen molar-refractivity contribution in [1.82, 2.24) is 4.90 Å². The number of thiophene rings is 1. The molecule has 152 valence electrons. The number of sulfone groups is 2. The van der Waals surface area contributed by atoms with E-state index in [1.165, 1.54) is 28.4 Å². The predicted octanol–water partition coefficient (Wildman–Crippen LogP) is 2.75. The molecule has 0 aliphatic carbocycles. The third-order valence-corrected chi connectivity index (χ3v) is 9.23. The summed E-state index contributed by atoms with van der Waals surface area (Å²) < 4.78 is 74.9. The van der Waals surface area contributed by atoms with Gasteiger partial charge in [0, 0.05) is 18.0 Å². The molecular weight excluding hydrogens is 432 g/mol. The van der Waals surface area contributed by atoms with Gasteiger partial charge in [-0.15, -0.1) is 11.3 Å². The van der Waals surface area contributed by atoms with E-state index in [4.69, 9.17) is 0 Å². The zero-order chi connectivity index (χ0) is 20.5. The van der Waals surface area contributed by atoms with Gasteiger partial charge in [0.25, 0.3) is 5.91 Å². The van der Waals surface area contributed by atoms with Gasteiger partial charge in [-0.25, -0.2) is 16.8 Å². The molecule has 1 aliphatic rings. The zero-order valence-corrected chi connectivity index (χ0v) is 16.9. The smallest absolute Gasteiger partial charge is 0.338 e. The average Bonchev–Trinajstić information content (AvgIpc) is 3.12. The Kier molecular flexibility index (Phi) is 5.87. The van der Waals surface area contributed by atoms with Crippen LogP contribution in [0, 0.1) is 0 Å². The minimum Gasteiger partial charge on any atom is -0.338 e. The van der Waals surface area contributed by atoms with Gasteiger partial charge >= 0.3 is 5.76 Å². The van der Waals surface area contributed by atoms with Crippen LogP contribution in [0.5, 0.6) is 0 Å². The van der Waals surface area contributed by atoms with Crippen molar-refractivity contribution in [3.63, 3.8) is 0 Å². The molecule has 11 heteroatoms. The van der Waals surface area contributed by atoms with Crippen molar-refractivity contribution in [3.8, 4) is 0 Å². The molecule has 6 nitrogen and oxygen atoms in total. The number of nitrogens with zero attached hydrogens (tertiary/aromatic N) is 1. The summed E-state index contributed by atoms with van der Waals surface area (Å²) in [5.74, 6) is -4.72. The molecule has 0 saturated carbocycles. The van der Waals surface area contributed by atoms with Crippen LogP contribution in [0.3, 0.4) is 0 Å². The largest absolute Gasteiger partial charge is 0.341 e. The van der Waals surface area contributed by atoms with Gasteiger partial charge in [-0.3, -0.25) is 4.79 Å². The van der Waals surface area contributed by atoms with Crippen LogP contribution in [0.2, 0.25) is 0 Å². The first-order valence-electron chi connectivity index (χ1n) is 8.30. The number of hydrogen-bond donors (Lipinski definition) is 0. The molecular formula is C17H17F2NO5S3. The van der Waals surface area contributed by atoms with Gasteiger partial charge in [-0.2, -0.15) is 8.78 Å². The molecule has 0 bridgehead atoms. The molecule has 2 heterocycles. The van der Waals surface area contributed by atoms with E-state index in [-0.39, 0.29) is 30.8 Å².